The number of ether oxygens (including phenoxy) is 2. The molecule has 7 heteroatoms. The molecule has 0 bridgehead atoms. The Labute approximate surface area is 139 Å². The molecule has 1 aromatic carbocycles. The number of nitrogens with zero attached hydrogens (tertiary/aromatic N) is 3. The molecule has 1 aliphatic heterocycles. The average molecular weight is 328 g/mol. The molecular formula is C17H20N4O3. The van der Waals surface area contributed by atoms with Gasteiger partial charge in [-0.2, -0.15) is 0 Å². The van der Waals surface area contributed by atoms with Gasteiger partial charge in [0.1, 0.15) is 24.8 Å². The first kappa shape index (κ1) is 15.0. The molecule has 1 unspecified atom stereocenters. The van der Waals surface area contributed by atoms with E-state index in [9.17, 15) is 0 Å². The van der Waals surface area contributed by atoms with Gasteiger partial charge in [0.2, 0.25) is 0 Å². The maximum Gasteiger partial charge on any atom is 0.163 e. The largest absolute Gasteiger partial charge is 0.486 e. The van der Waals surface area contributed by atoms with Gasteiger partial charge in [-0.3, -0.25) is 0 Å². The highest BCUT2D eigenvalue weighted by atomic mass is 16.6. The van der Waals surface area contributed by atoms with E-state index in [0.717, 1.165) is 45.4 Å². The number of rotatable bonds is 3. The summed E-state index contributed by atoms with van der Waals surface area (Å²) in [6.45, 7) is 7.50. The van der Waals surface area contributed by atoms with E-state index >= 15 is 0 Å². The second-order valence-electron chi connectivity index (χ2n) is 6.13. The number of imidazole rings is 1. The smallest absolute Gasteiger partial charge is 0.163 e. The van der Waals surface area contributed by atoms with Crippen LogP contribution >= 0.6 is 0 Å². The van der Waals surface area contributed by atoms with Gasteiger partial charge in [0, 0.05) is 17.7 Å². The lowest BCUT2D eigenvalue weighted by Gasteiger charge is -2.18. The van der Waals surface area contributed by atoms with Crippen LogP contribution in [0.1, 0.15) is 35.8 Å². The Bertz CT molecular complexity index is 891. The fourth-order valence-corrected chi connectivity index (χ4v) is 3.08. The molecule has 1 atom stereocenters. The predicted octanol–water partition coefficient (Wildman–Crippen LogP) is 2.48. The van der Waals surface area contributed by atoms with Crippen LogP contribution in [0, 0.1) is 13.8 Å². The predicted molar refractivity (Wildman–Crippen MR) is 88.4 cm³/mol. The third kappa shape index (κ3) is 2.32. The summed E-state index contributed by atoms with van der Waals surface area (Å²) in [6, 6.07) is 3.69. The quantitative estimate of drug-likeness (QED) is 0.794. The van der Waals surface area contributed by atoms with Crippen molar-refractivity contribution in [2.24, 2.45) is 5.73 Å². The summed E-state index contributed by atoms with van der Waals surface area (Å²) < 4.78 is 18.8. The summed E-state index contributed by atoms with van der Waals surface area (Å²) in [5.41, 5.74) is 9.89. The van der Waals surface area contributed by atoms with Crippen LogP contribution in [0.25, 0.3) is 11.0 Å². The van der Waals surface area contributed by atoms with Crippen molar-refractivity contribution in [2.45, 2.75) is 33.4 Å². The highest BCUT2D eigenvalue weighted by Crippen LogP contribution is 2.35. The van der Waals surface area contributed by atoms with Gasteiger partial charge in [-0.1, -0.05) is 5.16 Å². The van der Waals surface area contributed by atoms with E-state index in [2.05, 4.69) is 9.72 Å². The van der Waals surface area contributed by atoms with Gasteiger partial charge in [0.15, 0.2) is 11.5 Å². The van der Waals surface area contributed by atoms with Crippen molar-refractivity contribution in [3.63, 3.8) is 0 Å². The third-order valence-electron chi connectivity index (χ3n) is 4.35. The monoisotopic (exact) mass is 328 g/mol. The van der Waals surface area contributed by atoms with Gasteiger partial charge in [0.05, 0.1) is 29.3 Å². The van der Waals surface area contributed by atoms with Crippen molar-refractivity contribution >= 4 is 11.0 Å². The van der Waals surface area contributed by atoms with E-state index < -0.39 is 0 Å². The Hall–Kier alpha value is -2.54. The highest BCUT2D eigenvalue weighted by Gasteiger charge is 2.21. The van der Waals surface area contributed by atoms with Crippen LogP contribution in [0.2, 0.25) is 0 Å². The normalized spacial score (nSPS) is 15.0. The zero-order chi connectivity index (χ0) is 16.8. The van der Waals surface area contributed by atoms with Gasteiger partial charge in [-0.15, -0.1) is 0 Å². The standard InChI is InChI=1S/C17H20N4O3/c1-9(18)17-19-13-6-15-16(23-5-4-22-15)7-14(13)21(17)8-12-10(2)20-24-11(12)3/h6-7,9H,4-5,8,18H2,1-3H3. The maximum atomic E-state index is 6.15. The van der Waals surface area contributed by atoms with Gasteiger partial charge >= 0.3 is 0 Å². The number of benzene rings is 1. The lowest BCUT2D eigenvalue weighted by molar-refractivity contribution is 0.172. The second-order valence-corrected chi connectivity index (χ2v) is 6.13. The molecule has 0 saturated carbocycles. The Balaban J connectivity index is 1.90. The van der Waals surface area contributed by atoms with Crippen LogP contribution < -0.4 is 15.2 Å². The lowest BCUT2D eigenvalue weighted by atomic mass is 10.2. The molecule has 0 fully saturated rings. The van der Waals surface area contributed by atoms with Crippen molar-refractivity contribution in [1.82, 2.24) is 14.7 Å². The maximum absolute atomic E-state index is 6.15. The minimum Gasteiger partial charge on any atom is -0.486 e. The van der Waals surface area contributed by atoms with Crippen molar-refractivity contribution in [3.05, 3.63) is 35.0 Å². The molecule has 1 aliphatic rings. The molecule has 3 aromatic rings. The second kappa shape index (κ2) is 5.52. The summed E-state index contributed by atoms with van der Waals surface area (Å²) in [5.74, 6) is 3.09. The van der Waals surface area contributed by atoms with E-state index in [1.807, 2.05) is 32.9 Å². The minimum atomic E-state index is -0.197. The van der Waals surface area contributed by atoms with Gasteiger partial charge in [0.25, 0.3) is 0 Å². The first-order chi connectivity index (χ1) is 11.5. The summed E-state index contributed by atoms with van der Waals surface area (Å²) in [6.07, 6.45) is 0. The summed E-state index contributed by atoms with van der Waals surface area (Å²) in [4.78, 5) is 4.71. The molecule has 0 amide bonds. The molecule has 7 nitrogen and oxygen atoms in total. The third-order valence-corrected chi connectivity index (χ3v) is 4.35. The van der Waals surface area contributed by atoms with Crippen molar-refractivity contribution in [3.8, 4) is 11.5 Å². The van der Waals surface area contributed by atoms with Crippen LogP contribution in [0.5, 0.6) is 11.5 Å². The number of hydrogen-bond donors (Lipinski definition) is 1. The van der Waals surface area contributed by atoms with Gasteiger partial charge in [-0.05, 0) is 20.8 Å². The van der Waals surface area contributed by atoms with E-state index in [1.165, 1.54) is 0 Å². The molecule has 3 heterocycles. The van der Waals surface area contributed by atoms with Crippen LogP contribution in [0.3, 0.4) is 0 Å². The average Bonchev–Trinajstić information content (AvgIpc) is 3.08. The Kier molecular flexibility index (Phi) is 3.45. The molecule has 0 aliphatic carbocycles. The molecule has 126 valence electrons. The van der Waals surface area contributed by atoms with Gasteiger partial charge in [-0.25, -0.2) is 4.98 Å². The summed E-state index contributed by atoms with van der Waals surface area (Å²) in [5, 5.41) is 4.04. The molecule has 2 aromatic heterocycles. The van der Waals surface area contributed by atoms with E-state index in [4.69, 9.17) is 24.7 Å². The topological polar surface area (TPSA) is 88.3 Å². The van der Waals surface area contributed by atoms with Crippen molar-refractivity contribution in [2.75, 3.05) is 13.2 Å². The molecule has 2 N–H and O–H groups in total. The van der Waals surface area contributed by atoms with Crippen molar-refractivity contribution < 1.29 is 14.0 Å². The fraction of sp³-hybridized carbons (Fsp3) is 0.412. The summed E-state index contributed by atoms with van der Waals surface area (Å²) in [7, 11) is 0. The van der Waals surface area contributed by atoms with E-state index in [1.54, 1.807) is 0 Å². The minimum absolute atomic E-state index is 0.197. The van der Waals surface area contributed by atoms with Crippen LogP contribution in [-0.4, -0.2) is 27.9 Å². The lowest BCUT2D eigenvalue weighted by Crippen LogP contribution is -2.16. The zero-order valence-electron chi connectivity index (χ0n) is 14.0. The Morgan fingerprint density at radius 1 is 1.21 bits per heavy atom. The molecule has 0 radical (unpaired) electrons. The van der Waals surface area contributed by atoms with Crippen LogP contribution in [0.4, 0.5) is 0 Å². The molecule has 0 saturated heterocycles. The summed E-state index contributed by atoms with van der Waals surface area (Å²) >= 11 is 0. The van der Waals surface area contributed by atoms with E-state index in [0.29, 0.717) is 19.8 Å². The number of hydrogen-bond acceptors (Lipinski definition) is 6. The highest BCUT2D eigenvalue weighted by molar-refractivity contribution is 5.81. The van der Waals surface area contributed by atoms with E-state index in [-0.39, 0.29) is 6.04 Å². The molecule has 24 heavy (non-hydrogen) atoms. The zero-order valence-corrected chi connectivity index (χ0v) is 14.0. The Morgan fingerprint density at radius 3 is 2.54 bits per heavy atom. The molecule has 4 rings (SSSR count). The van der Waals surface area contributed by atoms with Gasteiger partial charge < -0.3 is 24.3 Å². The SMILES string of the molecule is Cc1noc(C)c1Cn1c(C(C)N)nc2cc3c(cc21)OCCO3. The number of aryl methyl sites for hydroxylation is 2. The Morgan fingerprint density at radius 2 is 1.92 bits per heavy atom. The number of nitrogens with two attached hydrogens (primary N) is 1. The van der Waals surface area contributed by atoms with Crippen molar-refractivity contribution in [1.29, 1.82) is 0 Å². The molecular weight excluding hydrogens is 308 g/mol. The fourth-order valence-electron chi connectivity index (χ4n) is 3.08. The first-order valence-electron chi connectivity index (χ1n) is 8.01. The molecule has 0 spiro atoms. The number of aromatic nitrogens is 3. The number of fused-ring (bicyclic) bond motifs is 2. The van der Waals surface area contributed by atoms with Crippen LogP contribution in [0.15, 0.2) is 16.7 Å². The van der Waals surface area contributed by atoms with Crippen LogP contribution in [-0.2, 0) is 6.54 Å². The first-order valence-corrected chi connectivity index (χ1v) is 8.01.